The Balaban J connectivity index is 0.000000535. The van der Waals surface area contributed by atoms with Gasteiger partial charge in [0.2, 0.25) is 0 Å². The number of benzene rings is 1. The van der Waals surface area contributed by atoms with Gasteiger partial charge in [0.15, 0.2) is 0 Å². The van der Waals surface area contributed by atoms with Crippen LogP contribution in [0.15, 0.2) is 43.0 Å². The summed E-state index contributed by atoms with van der Waals surface area (Å²) in [5.41, 5.74) is 2.87. The van der Waals surface area contributed by atoms with E-state index < -0.39 is 8.80 Å². The SMILES string of the molecule is C=C(C)C(=O)OCCC[Si](OC)(OC)OC.C=Cc1ccc(C)cc1. The molecule has 0 saturated carbocycles. The molecule has 0 aliphatic heterocycles. The number of carbonyl (C=O) groups is 1. The maximum absolute atomic E-state index is 11.1. The van der Waals surface area contributed by atoms with Gasteiger partial charge < -0.3 is 18.0 Å². The zero-order valence-corrected chi connectivity index (χ0v) is 17.0. The molecule has 0 radical (unpaired) electrons. The Morgan fingerprint density at radius 3 is 2.04 bits per heavy atom. The fraction of sp³-hybridized carbons (Fsp3) is 0.421. The van der Waals surface area contributed by atoms with Crippen molar-refractivity contribution in [2.45, 2.75) is 26.3 Å². The van der Waals surface area contributed by atoms with Crippen LogP contribution in [0, 0.1) is 6.92 Å². The Morgan fingerprint density at radius 2 is 1.64 bits per heavy atom. The predicted molar refractivity (Wildman–Crippen MR) is 103 cm³/mol. The van der Waals surface area contributed by atoms with Crippen molar-refractivity contribution in [3.63, 3.8) is 0 Å². The van der Waals surface area contributed by atoms with Crippen molar-refractivity contribution in [2.24, 2.45) is 0 Å². The molecule has 0 aliphatic rings. The molecule has 0 aromatic heterocycles. The molecule has 0 aliphatic carbocycles. The van der Waals surface area contributed by atoms with Gasteiger partial charge in [-0.05, 0) is 25.8 Å². The quantitative estimate of drug-likeness (QED) is 0.286. The molecule has 25 heavy (non-hydrogen) atoms. The van der Waals surface area contributed by atoms with Gasteiger partial charge in [-0.3, -0.25) is 0 Å². The number of rotatable bonds is 9. The normalized spacial score (nSPS) is 10.4. The topological polar surface area (TPSA) is 54.0 Å². The number of hydrogen-bond acceptors (Lipinski definition) is 5. The molecule has 0 spiro atoms. The first-order valence-corrected chi connectivity index (χ1v) is 9.94. The zero-order chi connectivity index (χ0) is 19.3. The van der Waals surface area contributed by atoms with Crippen LogP contribution >= 0.6 is 0 Å². The third-order valence-electron chi connectivity index (χ3n) is 3.45. The van der Waals surface area contributed by atoms with E-state index in [0.29, 0.717) is 24.6 Å². The monoisotopic (exact) mass is 366 g/mol. The van der Waals surface area contributed by atoms with E-state index in [1.54, 1.807) is 28.3 Å². The van der Waals surface area contributed by atoms with Gasteiger partial charge in [-0.1, -0.05) is 49.1 Å². The van der Waals surface area contributed by atoms with Gasteiger partial charge in [0.05, 0.1) is 6.61 Å². The first-order chi connectivity index (χ1) is 11.8. The van der Waals surface area contributed by atoms with E-state index in [0.717, 1.165) is 0 Å². The molecular formula is C19H30O5Si. The van der Waals surface area contributed by atoms with E-state index in [1.807, 2.05) is 6.08 Å². The third-order valence-corrected chi connectivity index (χ3v) is 6.29. The van der Waals surface area contributed by atoms with Crippen LogP contribution in [0.5, 0.6) is 0 Å². The minimum Gasteiger partial charge on any atom is -0.462 e. The van der Waals surface area contributed by atoms with Crippen molar-refractivity contribution in [3.05, 3.63) is 54.1 Å². The lowest BCUT2D eigenvalue weighted by molar-refractivity contribution is -0.139. The Kier molecular flexibility index (Phi) is 11.7. The van der Waals surface area contributed by atoms with Gasteiger partial charge in [0.25, 0.3) is 0 Å². The van der Waals surface area contributed by atoms with Crippen molar-refractivity contribution in [1.29, 1.82) is 0 Å². The van der Waals surface area contributed by atoms with E-state index >= 15 is 0 Å². The third kappa shape index (κ3) is 9.36. The largest absolute Gasteiger partial charge is 0.500 e. The summed E-state index contributed by atoms with van der Waals surface area (Å²) in [5, 5.41) is 0. The summed E-state index contributed by atoms with van der Waals surface area (Å²) in [4.78, 5) is 11.1. The van der Waals surface area contributed by atoms with Gasteiger partial charge in [0, 0.05) is 32.9 Å². The number of aryl methyl sites for hydroxylation is 1. The fourth-order valence-corrected chi connectivity index (χ4v) is 3.53. The maximum atomic E-state index is 11.1. The van der Waals surface area contributed by atoms with Gasteiger partial charge in [-0.2, -0.15) is 0 Å². The molecule has 0 saturated heterocycles. The molecule has 0 fully saturated rings. The lowest BCUT2D eigenvalue weighted by Crippen LogP contribution is -2.42. The van der Waals surface area contributed by atoms with Gasteiger partial charge in [-0.25, -0.2) is 4.79 Å². The molecule has 6 heteroatoms. The van der Waals surface area contributed by atoms with Crippen molar-refractivity contribution in [1.82, 2.24) is 0 Å². The lowest BCUT2D eigenvalue weighted by Gasteiger charge is -2.24. The molecular weight excluding hydrogens is 336 g/mol. The highest BCUT2D eigenvalue weighted by molar-refractivity contribution is 6.60. The summed E-state index contributed by atoms with van der Waals surface area (Å²) in [5.74, 6) is -0.375. The zero-order valence-electron chi connectivity index (χ0n) is 16.0. The summed E-state index contributed by atoms with van der Waals surface area (Å²) in [6.07, 6.45) is 2.49. The molecule has 0 atom stereocenters. The second kappa shape index (κ2) is 12.6. The Bertz CT molecular complexity index is 527. The van der Waals surface area contributed by atoms with Crippen LogP contribution in [-0.4, -0.2) is 42.7 Å². The lowest BCUT2D eigenvalue weighted by atomic mass is 10.2. The van der Waals surface area contributed by atoms with Crippen molar-refractivity contribution in [3.8, 4) is 0 Å². The first kappa shape index (κ1) is 23.3. The van der Waals surface area contributed by atoms with Crippen LogP contribution in [0.25, 0.3) is 6.08 Å². The van der Waals surface area contributed by atoms with Crippen LogP contribution in [0.3, 0.4) is 0 Å². The van der Waals surface area contributed by atoms with Crippen molar-refractivity contribution >= 4 is 20.8 Å². The predicted octanol–water partition coefficient (Wildman–Crippen LogP) is 4.01. The number of hydrogen-bond donors (Lipinski definition) is 0. The first-order valence-electron chi connectivity index (χ1n) is 8.01. The minimum absolute atomic E-state index is 0.316. The average Bonchev–Trinajstić information content (AvgIpc) is 2.63. The second-order valence-corrected chi connectivity index (χ2v) is 8.52. The highest BCUT2D eigenvalue weighted by Crippen LogP contribution is 2.14. The average molecular weight is 367 g/mol. The van der Waals surface area contributed by atoms with Crippen LogP contribution in [0.1, 0.15) is 24.5 Å². The van der Waals surface area contributed by atoms with Crippen LogP contribution in [0.2, 0.25) is 6.04 Å². The Labute approximate surface area is 152 Å². The van der Waals surface area contributed by atoms with E-state index in [1.165, 1.54) is 11.1 Å². The highest BCUT2D eigenvalue weighted by Gasteiger charge is 2.36. The molecule has 0 unspecified atom stereocenters. The molecule has 1 rings (SSSR count). The summed E-state index contributed by atoms with van der Waals surface area (Å²) in [6, 6.07) is 8.89. The fourth-order valence-electron chi connectivity index (χ4n) is 1.84. The molecule has 0 N–H and O–H groups in total. The van der Waals surface area contributed by atoms with Crippen LogP contribution < -0.4 is 0 Å². The highest BCUT2D eigenvalue weighted by atomic mass is 28.4. The molecule has 0 heterocycles. The molecule has 140 valence electrons. The number of carbonyl (C=O) groups excluding carboxylic acids is 1. The number of ether oxygens (including phenoxy) is 1. The summed E-state index contributed by atoms with van der Waals surface area (Å²) in [7, 11) is 2.13. The van der Waals surface area contributed by atoms with Crippen molar-refractivity contribution < 1.29 is 22.8 Å². The van der Waals surface area contributed by atoms with Gasteiger partial charge in [-0.15, -0.1) is 0 Å². The minimum atomic E-state index is -2.53. The van der Waals surface area contributed by atoms with E-state index in [4.69, 9.17) is 18.0 Å². The second-order valence-electron chi connectivity index (χ2n) is 5.43. The maximum Gasteiger partial charge on any atom is 0.500 e. The summed E-state index contributed by atoms with van der Waals surface area (Å²) >= 11 is 0. The van der Waals surface area contributed by atoms with Gasteiger partial charge >= 0.3 is 14.8 Å². The van der Waals surface area contributed by atoms with Crippen molar-refractivity contribution in [2.75, 3.05) is 27.9 Å². The Hall–Kier alpha value is -1.73. The standard InChI is InChI=1S/C10H20O5Si.C9H10/c1-9(2)10(11)15-7-6-8-16(12-3,13-4)14-5;1-3-9-6-4-8(2)5-7-9/h1,6-8H2,2-5H3;3-7H,1H2,2H3. The van der Waals surface area contributed by atoms with Crippen LogP contribution in [-0.2, 0) is 22.8 Å². The summed E-state index contributed by atoms with van der Waals surface area (Å²) < 4.78 is 20.6. The van der Waals surface area contributed by atoms with E-state index in [-0.39, 0.29) is 5.97 Å². The van der Waals surface area contributed by atoms with E-state index in [2.05, 4.69) is 44.3 Å². The molecule has 1 aromatic carbocycles. The Morgan fingerprint density at radius 1 is 1.12 bits per heavy atom. The summed E-state index contributed by atoms with van der Waals surface area (Å²) in [6.45, 7) is 11.2. The van der Waals surface area contributed by atoms with Gasteiger partial charge in [0.1, 0.15) is 0 Å². The molecule has 5 nitrogen and oxygen atoms in total. The number of esters is 1. The van der Waals surface area contributed by atoms with Crippen LogP contribution in [0.4, 0.5) is 0 Å². The smallest absolute Gasteiger partial charge is 0.462 e. The molecule has 0 bridgehead atoms. The molecule has 1 aromatic rings. The van der Waals surface area contributed by atoms with E-state index in [9.17, 15) is 4.79 Å². The molecule has 0 amide bonds.